The van der Waals surface area contributed by atoms with Gasteiger partial charge in [0.25, 0.3) is 0 Å². The van der Waals surface area contributed by atoms with Crippen molar-refractivity contribution in [2.45, 2.75) is 52.5 Å². The molecule has 0 aromatic carbocycles. The van der Waals surface area contributed by atoms with E-state index in [2.05, 4.69) is 18.7 Å². The first kappa shape index (κ1) is 13.4. The van der Waals surface area contributed by atoms with E-state index in [0.717, 1.165) is 19.4 Å². The SMILES string of the molecule is CCCCC(CC)N(CC)CC(=O)O. The van der Waals surface area contributed by atoms with Gasteiger partial charge in [0.15, 0.2) is 0 Å². The van der Waals surface area contributed by atoms with Gasteiger partial charge in [-0.3, -0.25) is 9.69 Å². The maximum Gasteiger partial charge on any atom is 0.317 e. The Bertz CT molecular complexity index is 159. The van der Waals surface area contributed by atoms with Crippen molar-refractivity contribution in [3.05, 3.63) is 0 Å². The monoisotopic (exact) mass is 201 g/mol. The van der Waals surface area contributed by atoms with Crippen LogP contribution in [0, 0.1) is 0 Å². The first-order valence-electron chi connectivity index (χ1n) is 5.61. The van der Waals surface area contributed by atoms with Crippen LogP contribution in [0.4, 0.5) is 0 Å². The van der Waals surface area contributed by atoms with Crippen LogP contribution in [0.1, 0.15) is 46.5 Å². The highest BCUT2D eigenvalue weighted by Crippen LogP contribution is 2.11. The van der Waals surface area contributed by atoms with Gasteiger partial charge < -0.3 is 5.11 Å². The lowest BCUT2D eigenvalue weighted by Gasteiger charge is -2.28. The molecule has 0 saturated carbocycles. The number of carboxylic acid groups (broad SMARTS) is 1. The average molecular weight is 201 g/mol. The van der Waals surface area contributed by atoms with Gasteiger partial charge in [0.1, 0.15) is 0 Å². The molecular formula is C11H23NO2. The summed E-state index contributed by atoms with van der Waals surface area (Å²) >= 11 is 0. The van der Waals surface area contributed by atoms with Crippen molar-refractivity contribution in [3.63, 3.8) is 0 Å². The number of hydrogen-bond acceptors (Lipinski definition) is 2. The zero-order valence-corrected chi connectivity index (χ0v) is 9.62. The quantitative estimate of drug-likeness (QED) is 0.655. The van der Waals surface area contributed by atoms with Crippen LogP contribution in [0.15, 0.2) is 0 Å². The second-order valence-corrected chi connectivity index (χ2v) is 3.66. The number of carboxylic acids is 1. The number of rotatable bonds is 8. The molecule has 0 bridgehead atoms. The molecule has 0 aliphatic heterocycles. The van der Waals surface area contributed by atoms with Gasteiger partial charge in [-0.05, 0) is 19.4 Å². The molecule has 0 spiro atoms. The molecule has 0 saturated heterocycles. The summed E-state index contributed by atoms with van der Waals surface area (Å²) in [6, 6.07) is 0.441. The normalized spacial score (nSPS) is 13.1. The standard InChI is InChI=1S/C11H23NO2/c1-4-7-8-10(5-2)12(6-3)9-11(13)14/h10H,4-9H2,1-3H3,(H,13,14). The Morgan fingerprint density at radius 1 is 1.36 bits per heavy atom. The molecule has 1 unspecified atom stereocenters. The molecule has 0 heterocycles. The fourth-order valence-corrected chi connectivity index (χ4v) is 1.76. The van der Waals surface area contributed by atoms with E-state index < -0.39 is 5.97 Å². The molecule has 1 N–H and O–H groups in total. The van der Waals surface area contributed by atoms with Crippen LogP contribution in [-0.2, 0) is 4.79 Å². The van der Waals surface area contributed by atoms with Crippen molar-refractivity contribution in [1.82, 2.24) is 4.90 Å². The molecule has 14 heavy (non-hydrogen) atoms. The Hall–Kier alpha value is -0.570. The topological polar surface area (TPSA) is 40.5 Å². The summed E-state index contributed by atoms with van der Waals surface area (Å²) in [6.07, 6.45) is 4.53. The highest BCUT2D eigenvalue weighted by atomic mass is 16.4. The van der Waals surface area contributed by atoms with E-state index in [1.807, 2.05) is 6.92 Å². The Morgan fingerprint density at radius 2 is 2.00 bits per heavy atom. The second-order valence-electron chi connectivity index (χ2n) is 3.66. The van der Waals surface area contributed by atoms with Gasteiger partial charge in [-0.15, -0.1) is 0 Å². The summed E-state index contributed by atoms with van der Waals surface area (Å²) in [4.78, 5) is 12.7. The smallest absolute Gasteiger partial charge is 0.317 e. The summed E-state index contributed by atoms with van der Waals surface area (Å²) in [5, 5.41) is 8.74. The third-order valence-corrected chi connectivity index (χ3v) is 2.62. The van der Waals surface area contributed by atoms with E-state index in [0.29, 0.717) is 6.04 Å². The van der Waals surface area contributed by atoms with Crippen LogP contribution in [0.3, 0.4) is 0 Å². The minimum absolute atomic E-state index is 0.179. The van der Waals surface area contributed by atoms with E-state index >= 15 is 0 Å². The fourth-order valence-electron chi connectivity index (χ4n) is 1.76. The maximum absolute atomic E-state index is 10.6. The molecule has 0 aromatic heterocycles. The lowest BCUT2D eigenvalue weighted by atomic mass is 10.1. The lowest BCUT2D eigenvalue weighted by molar-refractivity contribution is -0.138. The second kappa shape index (κ2) is 7.80. The van der Waals surface area contributed by atoms with Gasteiger partial charge in [-0.1, -0.05) is 33.6 Å². The van der Waals surface area contributed by atoms with E-state index in [-0.39, 0.29) is 6.54 Å². The maximum atomic E-state index is 10.6. The predicted molar refractivity (Wildman–Crippen MR) is 58.5 cm³/mol. The zero-order valence-electron chi connectivity index (χ0n) is 9.62. The largest absolute Gasteiger partial charge is 0.480 e. The summed E-state index contributed by atoms with van der Waals surface area (Å²) in [6.45, 7) is 7.33. The van der Waals surface area contributed by atoms with Crippen molar-refractivity contribution in [2.75, 3.05) is 13.1 Å². The summed E-state index contributed by atoms with van der Waals surface area (Å²) < 4.78 is 0. The number of nitrogens with zero attached hydrogens (tertiary/aromatic N) is 1. The van der Waals surface area contributed by atoms with Crippen LogP contribution < -0.4 is 0 Å². The Balaban J connectivity index is 4.06. The third-order valence-electron chi connectivity index (χ3n) is 2.62. The number of carbonyl (C=O) groups is 1. The number of hydrogen-bond donors (Lipinski definition) is 1. The van der Waals surface area contributed by atoms with Crippen molar-refractivity contribution in [3.8, 4) is 0 Å². The Labute approximate surface area is 87.1 Å². The first-order valence-corrected chi connectivity index (χ1v) is 5.61. The molecule has 3 nitrogen and oxygen atoms in total. The summed E-state index contributed by atoms with van der Waals surface area (Å²) in [7, 11) is 0. The molecule has 0 aliphatic rings. The average Bonchev–Trinajstić information content (AvgIpc) is 2.16. The fraction of sp³-hybridized carbons (Fsp3) is 0.909. The Kier molecular flexibility index (Phi) is 7.48. The van der Waals surface area contributed by atoms with Gasteiger partial charge in [0, 0.05) is 6.04 Å². The van der Waals surface area contributed by atoms with Crippen molar-refractivity contribution >= 4 is 5.97 Å². The van der Waals surface area contributed by atoms with E-state index in [1.165, 1.54) is 12.8 Å². The lowest BCUT2D eigenvalue weighted by Crippen LogP contribution is -2.38. The molecular weight excluding hydrogens is 178 g/mol. The van der Waals surface area contributed by atoms with E-state index in [4.69, 9.17) is 5.11 Å². The molecule has 0 amide bonds. The predicted octanol–water partition coefficient (Wildman–Crippen LogP) is 2.36. The summed E-state index contributed by atoms with van der Waals surface area (Å²) in [5.74, 6) is -0.721. The van der Waals surface area contributed by atoms with Crippen LogP contribution in [-0.4, -0.2) is 35.1 Å². The van der Waals surface area contributed by atoms with Gasteiger partial charge in [0.2, 0.25) is 0 Å². The molecule has 0 rings (SSSR count). The van der Waals surface area contributed by atoms with Crippen LogP contribution in [0.25, 0.3) is 0 Å². The highest BCUT2D eigenvalue weighted by molar-refractivity contribution is 5.69. The first-order chi connectivity index (χ1) is 6.65. The summed E-state index contributed by atoms with van der Waals surface area (Å²) in [5.41, 5.74) is 0. The van der Waals surface area contributed by atoms with E-state index in [9.17, 15) is 4.79 Å². The van der Waals surface area contributed by atoms with Gasteiger partial charge in [-0.2, -0.15) is 0 Å². The van der Waals surface area contributed by atoms with Crippen molar-refractivity contribution in [2.24, 2.45) is 0 Å². The van der Waals surface area contributed by atoms with Crippen LogP contribution >= 0.6 is 0 Å². The number of unbranched alkanes of at least 4 members (excludes halogenated alkanes) is 1. The molecule has 3 heteroatoms. The molecule has 84 valence electrons. The van der Waals surface area contributed by atoms with Crippen LogP contribution in [0.5, 0.6) is 0 Å². The third kappa shape index (κ3) is 5.22. The molecule has 0 aromatic rings. The minimum atomic E-state index is -0.721. The van der Waals surface area contributed by atoms with Crippen molar-refractivity contribution < 1.29 is 9.90 Å². The molecule has 0 aliphatic carbocycles. The molecule has 0 fully saturated rings. The van der Waals surface area contributed by atoms with E-state index in [1.54, 1.807) is 0 Å². The van der Waals surface area contributed by atoms with Gasteiger partial charge in [-0.25, -0.2) is 0 Å². The van der Waals surface area contributed by atoms with Crippen LogP contribution in [0.2, 0.25) is 0 Å². The van der Waals surface area contributed by atoms with Crippen molar-refractivity contribution in [1.29, 1.82) is 0 Å². The Morgan fingerprint density at radius 3 is 2.36 bits per heavy atom. The zero-order chi connectivity index (χ0) is 11.0. The minimum Gasteiger partial charge on any atom is -0.480 e. The highest BCUT2D eigenvalue weighted by Gasteiger charge is 2.16. The van der Waals surface area contributed by atoms with Gasteiger partial charge >= 0.3 is 5.97 Å². The number of aliphatic carboxylic acids is 1. The molecule has 1 atom stereocenters. The number of likely N-dealkylation sites (N-methyl/N-ethyl adjacent to an activating group) is 1. The molecule has 0 radical (unpaired) electrons. The van der Waals surface area contributed by atoms with Gasteiger partial charge in [0.05, 0.1) is 6.54 Å².